The van der Waals surface area contributed by atoms with Crippen LogP contribution in [-0.4, -0.2) is 19.3 Å². The number of hydrogen-bond acceptors (Lipinski definition) is 4. The summed E-state index contributed by atoms with van der Waals surface area (Å²) < 4.78 is 10.9. The molecule has 4 heteroatoms. The monoisotopic (exact) mass is 234 g/mol. The van der Waals surface area contributed by atoms with E-state index in [4.69, 9.17) is 20.5 Å². The highest BCUT2D eigenvalue weighted by molar-refractivity contribution is 5.47. The number of hydrogen-bond donors (Lipinski definition) is 1. The number of nitriles is 1. The first-order chi connectivity index (χ1) is 8.19. The van der Waals surface area contributed by atoms with Gasteiger partial charge in [0.1, 0.15) is 6.07 Å². The molecule has 0 heterocycles. The molecule has 1 aromatic carbocycles. The van der Waals surface area contributed by atoms with Gasteiger partial charge in [0.25, 0.3) is 0 Å². The molecule has 0 aliphatic rings. The molecule has 0 aromatic heterocycles. The topological polar surface area (TPSA) is 68.3 Å². The standard InChI is InChI=1S/C13H18N2O2/c1-3-16-12-6-4-5-11(9-10(2)15)13(12)17-8-7-14/h4-6,10H,3,8-9,15H2,1-2H3. The van der Waals surface area contributed by atoms with Crippen LogP contribution >= 0.6 is 0 Å². The van der Waals surface area contributed by atoms with Crippen LogP contribution in [0.5, 0.6) is 11.5 Å². The lowest BCUT2D eigenvalue weighted by Crippen LogP contribution is -2.18. The highest BCUT2D eigenvalue weighted by Gasteiger charge is 2.12. The minimum Gasteiger partial charge on any atom is -0.490 e. The Morgan fingerprint density at radius 2 is 2.18 bits per heavy atom. The summed E-state index contributed by atoms with van der Waals surface area (Å²) in [7, 11) is 0. The molecular weight excluding hydrogens is 216 g/mol. The zero-order chi connectivity index (χ0) is 12.7. The average Bonchev–Trinajstić information content (AvgIpc) is 2.28. The molecule has 0 bridgehead atoms. The molecule has 1 aromatic rings. The summed E-state index contributed by atoms with van der Waals surface area (Å²) in [5, 5.41) is 8.58. The maximum atomic E-state index is 8.58. The summed E-state index contributed by atoms with van der Waals surface area (Å²) in [5.41, 5.74) is 6.76. The van der Waals surface area contributed by atoms with Gasteiger partial charge in [0.05, 0.1) is 6.61 Å². The van der Waals surface area contributed by atoms with Gasteiger partial charge in [0, 0.05) is 6.04 Å². The van der Waals surface area contributed by atoms with E-state index in [-0.39, 0.29) is 12.6 Å². The van der Waals surface area contributed by atoms with Crippen molar-refractivity contribution < 1.29 is 9.47 Å². The molecule has 92 valence electrons. The number of nitrogens with zero attached hydrogens (tertiary/aromatic N) is 1. The number of nitrogens with two attached hydrogens (primary N) is 1. The fraction of sp³-hybridized carbons (Fsp3) is 0.462. The van der Waals surface area contributed by atoms with Crippen molar-refractivity contribution in [3.05, 3.63) is 23.8 Å². The van der Waals surface area contributed by atoms with Crippen LogP contribution in [0.4, 0.5) is 0 Å². The maximum absolute atomic E-state index is 8.58. The van der Waals surface area contributed by atoms with Crippen LogP contribution in [0.2, 0.25) is 0 Å². The van der Waals surface area contributed by atoms with Gasteiger partial charge in [-0.3, -0.25) is 0 Å². The molecule has 1 rings (SSSR count). The first kappa shape index (κ1) is 13.3. The van der Waals surface area contributed by atoms with Crippen molar-refractivity contribution in [1.82, 2.24) is 0 Å². The number of rotatable bonds is 6. The van der Waals surface area contributed by atoms with Crippen molar-refractivity contribution in [3.63, 3.8) is 0 Å². The van der Waals surface area contributed by atoms with Gasteiger partial charge in [-0.25, -0.2) is 0 Å². The quantitative estimate of drug-likeness (QED) is 0.816. The Hall–Kier alpha value is -1.73. The summed E-state index contributed by atoms with van der Waals surface area (Å²) in [4.78, 5) is 0. The van der Waals surface area contributed by atoms with E-state index in [1.54, 1.807) is 0 Å². The van der Waals surface area contributed by atoms with Crippen molar-refractivity contribution in [2.75, 3.05) is 13.2 Å². The predicted molar refractivity (Wildman–Crippen MR) is 66.1 cm³/mol. The molecule has 2 N–H and O–H groups in total. The maximum Gasteiger partial charge on any atom is 0.174 e. The largest absolute Gasteiger partial charge is 0.490 e. The first-order valence-corrected chi connectivity index (χ1v) is 5.69. The Labute approximate surface area is 102 Å². The molecule has 1 unspecified atom stereocenters. The summed E-state index contributed by atoms with van der Waals surface area (Å²) in [5.74, 6) is 1.30. The van der Waals surface area contributed by atoms with Gasteiger partial charge in [0.2, 0.25) is 0 Å². The summed E-state index contributed by atoms with van der Waals surface area (Å²) in [6.07, 6.45) is 0.696. The lowest BCUT2D eigenvalue weighted by molar-refractivity contribution is 0.296. The van der Waals surface area contributed by atoms with Gasteiger partial charge in [-0.1, -0.05) is 12.1 Å². The van der Waals surface area contributed by atoms with Crippen LogP contribution in [0.15, 0.2) is 18.2 Å². The predicted octanol–water partition coefficient (Wildman–Crippen LogP) is 1.88. The molecular formula is C13H18N2O2. The van der Waals surface area contributed by atoms with Gasteiger partial charge in [-0.2, -0.15) is 5.26 Å². The molecule has 0 amide bonds. The van der Waals surface area contributed by atoms with E-state index in [2.05, 4.69) is 0 Å². The normalized spacial score (nSPS) is 11.6. The Kier molecular flexibility index (Phi) is 5.31. The van der Waals surface area contributed by atoms with Gasteiger partial charge in [0.15, 0.2) is 18.1 Å². The zero-order valence-electron chi connectivity index (χ0n) is 10.3. The summed E-state index contributed by atoms with van der Waals surface area (Å²) in [6.45, 7) is 4.41. The van der Waals surface area contributed by atoms with E-state index in [9.17, 15) is 0 Å². The minimum absolute atomic E-state index is 0.00996. The van der Waals surface area contributed by atoms with E-state index in [1.165, 1.54) is 0 Å². The molecule has 17 heavy (non-hydrogen) atoms. The molecule has 0 spiro atoms. The van der Waals surface area contributed by atoms with Crippen LogP contribution in [0.25, 0.3) is 0 Å². The summed E-state index contributed by atoms with van der Waals surface area (Å²) in [6, 6.07) is 7.68. The molecule has 4 nitrogen and oxygen atoms in total. The van der Waals surface area contributed by atoms with Gasteiger partial charge >= 0.3 is 0 Å². The third-order valence-electron chi connectivity index (χ3n) is 2.18. The fourth-order valence-electron chi connectivity index (χ4n) is 1.61. The third kappa shape index (κ3) is 3.97. The van der Waals surface area contributed by atoms with Crippen molar-refractivity contribution in [3.8, 4) is 17.6 Å². The molecule has 0 fully saturated rings. The van der Waals surface area contributed by atoms with Crippen molar-refractivity contribution >= 4 is 0 Å². The number of para-hydroxylation sites is 1. The second kappa shape index (κ2) is 6.77. The highest BCUT2D eigenvalue weighted by Crippen LogP contribution is 2.32. The summed E-state index contributed by atoms with van der Waals surface area (Å²) >= 11 is 0. The Bertz CT molecular complexity index is 397. The van der Waals surface area contributed by atoms with Crippen LogP contribution in [-0.2, 0) is 6.42 Å². The Morgan fingerprint density at radius 1 is 1.41 bits per heavy atom. The number of benzene rings is 1. The smallest absolute Gasteiger partial charge is 0.174 e. The van der Waals surface area contributed by atoms with E-state index >= 15 is 0 Å². The number of ether oxygens (including phenoxy) is 2. The van der Waals surface area contributed by atoms with Gasteiger partial charge in [-0.15, -0.1) is 0 Å². The van der Waals surface area contributed by atoms with Crippen molar-refractivity contribution in [2.45, 2.75) is 26.3 Å². The van der Waals surface area contributed by atoms with E-state index < -0.39 is 0 Å². The second-order valence-corrected chi connectivity index (χ2v) is 3.81. The molecule has 0 radical (unpaired) electrons. The molecule has 0 aliphatic carbocycles. The lowest BCUT2D eigenvalue weighted by atomic mass is 10.1. The van der Waals surface area contributed by atoms with Crippen LogP contribution in [0, 0.1) is 11.3 Å². The minimum atomic E-state index is 0.00996. The van der Waals surface area contributed by atoms with Crippen molar-refractivity contribution in [2.24, 2.45) is 5.73 Å². The first-order valence-electron chi connectivity index (χ1n) is 5.69. The average molecular weight is 234 g/mol. The van der Waals surface area contributed by atoms with Crippen LogP contribution in [0.3, 0.4) is 0 Å². The van der Waals surface area contributed by atoms with Crippen molar-refractivity contribution in [1.29, 1.82) is 5.26 Å². The third-order valence-corrected chi connectivity index (χ3v) is 2.18. The Balaban J connectivity index is 3.01. The van der Waals surface area contributed by atoms with Crippen LogP contribution < -0.4 is 15.2 Å². The van der Waals surface area contributed by atoms with E-state index in [0.717, 1.165) is 5.56 Å². The van der Waals surface area contributed by atoms with E-state index in [1.807, 2.05) is 38.1 Å². The second-order valence-electron chi connectivity index (χ2n) is 3.81. The van der Waals surface area contributed by atoms with Gasteiger partial charge < -0.3 is 15.2 Å². The lowest BCUT2D eigenvalue weighted by Gasteiger charge is -2.15. The molecule has 1 atom stereocenters. The SMILES string of the molecule is CCOc1cccc(CC(C)N)c1OCC#N. The molecule has 0 saturated heterocycles. The van der Waals surface area contributed by atoms with Crippen LogP contribution in [0.1, 0.15) is 19.4 Å². The zero-order valence-corrected chi connectivity index (χ0v) is 10.3. The highest BCUT2D eigenvalue weighted by atomic mass is 16.5. The molecule has 0 saturated carbocycles. The van der Waals surface area contributed by atoms with E-state index in [0.29, 0.717) is 24.5 Å². The Morgan fingerprint density at radius 3 is 2.76 bits per heavy atom. The molecule has 0 aliphatic heterocycles. The fourth-order valence-corrected chi connectivity index (χ4v) is 1.61. The van der Waals surface area contributed by atoms with Gasteiger partial charge in [-0.05, 0) is 31.9 Å².